The van der Waals surface area contributed by atoms with Crippen molar-refractivity contribution in [2.75, 3.05) is 23.7 Å². The summed E-state index contributed by atoms with van der Waals surface area (Å²) in [5.41, 5.74) is 7.46. The molecule has 0 amide bonds. The van der Waals surface area contributed by atoms with Gasteiger partial charge in [-0.3, -0.25) is 0 Å². The van der Waals surface area contributed by atoms with E-state index in [2.05, 4.69) is 9.88 Å². The van der Waals surface area contributed by atoms with E-state index in [1.807, 2.05) is 36.5 Å². The normalized spacial score (nSPS) is 24.3. The Hall–Kier alpha value is -2.14. The summed E-state index contributed by atoms with van der Waals surface area (Å²) in [4.78, 5) is 11.4. The van der Waals surface area contributed by atoms with Gasteiger partial charge in [0, 0.05) is 30.5 Å². The molecule has 21 heavy (non-hydrogen) atoms. The van der Waals surface area contributed by atoms with E-state index in [1.54, 1.807) is 0 Å². The monoisotopic (exact) mass is 282 g/mol. The Morgan fingerprint density at radius 1 is 1.05 bits per heavy atom. The van der Waals surface area contributed by atoms with Crippen LogP contribution in [0.5, 0.6) is 0 Å². The second kappa shape index (κ2) is 5.00. The van der Waals surface area contributed by atoms with E-state index in [1.165, 1.54) is 0 Å². The van der Waals surface area contributed by atoms with Crippen LogP contribution in [0.2, 0.25) is 0 Å². The first-order chi connectivity index (χ1) is 10.3. The lowest BCUT2D eigenvalue weighted by atomic mass is 10.2. The molecule has 2 fully saturated rings. The number of hydrogen-bond donors (Lipinski definition) is 1. The molecule has 4 rings (SSSR count). The molecule has 0 spiro atoms. The summed E-state index contributed by atoms with van der Waals surface area (Å²) in [6.07, 6.45) is 4.87. The van der Waals surface area contributed by atoms with Crippen molar-refractivity contribution in [1.82, 2.24) is 9.97 Å². The number of rotatable bonds is 2. The molecule has 5 nitrogen and oxygen atoms in total. The number of aromatic nitrogens is 2. The average molecular weight is 282 g/mol. The zero-order valence-electron chi connectivity index (χ0n) is 11.8. The average Bonchev–Trinajstić information content (AvgIpc) is 2.86. The Labute approximate surface area is 123 Å². The van der Waals surface area contributed by atoms with Gasteiger partial charge in [0.15, 0.2) is 5.82 Å². The highest BCUT2D eigenvalue weighted by molar-refractivity contribution is 5.60. The maximum absolute atomic E-state index is 5.88. The number of nitrogens with two attached hydrogens (primary N) is 1. The Balaban J connectivity index is 1.62. The first kappa shape index (κ1) is 12.6. The van der Waals surface area contributed by atoms with Gasteiger partial charge in [-0.1, -0.05) is 0 Å². The second-order valence-corrected chi connectivity index (χ2v) is 5.72. The maximum Gasteiger partial charge on any atom is 0.161 e. The third-order valence-electron chi connectivity index (χ3n) is 4.18. The van der Waals surface area contributed by atoms with E-state index < -0.39 is 0 Å². The van der Waals surface area contributed by atoms with Gasteiger partial charge in [-0.25, -0.2) is 9.97 Å². The van der Waals surface area contributed by atoms with Crippen molar-refractivity contribution in [2.45, 2.75) is 25.0 Å². The SMILES string of the molecule is Nc1ccc(-c2nccc(N3CC4CCC(C3)O4)n2)cc1. The number of ether oxygens (including phenoxy) is 1. The standard InChI is InChI=1S/C16H18N4O/c17-12-3-1-11(2-4-12)16-18-8-7-15(19-16)20-9-13-5-6-14(10-20)21-13/h1-4,7-8,13-14H,5-6,9-10,17H2. The summed E-state index contributed by atoms with van der Waals surface area (Å²) < 4.78 is 5.88. The fourth-order valence-electron chi connectivity index (χ4n) is 3.10. The molecule has 108 valence electrons. The van der Waals surface area contributed by atoms with E-state index in [0.717, 1.165) is 48.8 Å². The van der Waals surface area contributed by atoms with Crippen LogP contribution in [0.1, 0.15) is 12.8 Å². The predicted octanol–water partition coefficient (Wildman–Crippen LogP) is 2.09. The van der Waals surface area contributed by atoms with E-state index in [-0.39, 0.29) is 0 Å². The Morgan fingerprint density at radius 2 is 1.76 bits per heavy atom. The van der Waals surface area contributed by atoms with Crippen molar-refractivity contribution < 1.29 is 4.74 Å². The van der Waals surface area contributed by atoms with Crippen LogP contribution in [0.3, 0.4) is 0 Å². The van der Waals surface area contributed by atoms with E-state index >= 15 is 0 Å². The van der Waals surface area contributed by atoms with Crippen molar-refractivity contribution in [3.63, 3.8) is 0 Å². The molecule has 0 aliphatic carbocycles. The molecular weight excluding hydrogens is 264 g/mol. The highest BCUT2D eigenvalue weighted by Gasteiger charge is 2.34. The molecule has 2 saturated heterocycles. The number of nitrogens with zero attached hydrogens (tertiary/aromatic N) is 3. The molecule has 2 N–H and O–H groups in total. The summed E-state index contributed by atoms with van der Waals surface area (Å²) in [5.74, 6) is 1.73. The van der Waals surface area contributed by atoms with Gasteiger partial charge in [0.05, 0.1) is 12.2 Å². The summed E-state index contributed by atoms with van der Waals surface area (Å²) in [6.45, 7) is 1.85. The molecule has 5 heteroatoms. The van der Waals surface area contributed by atoms with Crippen molar-refractivity contribution in [3.8, 4) is 11.4 Å². The van der Waals surface area contributed by atoms with E-state index in [9.17, 15) is 0 Å². The minimum Gasteiger partial charge on any atom is -0.399 e. The van der Waals surface area contributed by atoms with Crippen LogP contribution >= 0.6 is 0 Å². The summed E-state index contributed by atoms with van der Waals surface area (Å²) in [6, 6.07) is 9.64. The van der Waals surface area contributed by atoms with Crippen molar-refractivity contribution in [3.05, 3.63) is 36.5 Å². The molecule has 2 atom stereocenters. The van der Waals surface area contributed by atoms with Gasteiger partial charge in [0.25, 0.3) is 0 Å². The van der Waals surface area contributed by atoms with Gasteiger partial charge in [-0.2, -0.15) is 0 Å². The first-order valence-electron chi connectivity index (χ1n) is 7.37. The van der Waals surface area contributed by atoms with Crippen molar-refractivity contribution in [2.24, 2.45) is 0 Å². The first-order valence-corrected chi connectivity index (χ1v) is 7.37. The molecule has 1 aromatic heterocycles. The van der Waals surface area contributed by atoms with E-state index in [4.69, 9.17) is 15.5 Å². The maximum atomic E-state index is 5.88. The largest absolute Gasteiger partial charge is 0.399 e. The zero-order chi connectivity index (χ0) is 14.2. The molecule has 1 aromatic carbocycles. The smallest absolute Gasteiger partial charge is 0.161 e. The van der Waals surface area contributed by atoms with Gasteiger partial charge in [-0.05, 0) is 43.2 Å². The van der Waals surface area contributed by atoms with Crippen molar-refractivity contribution in [1.29, 1.82) is 0 Å². The molecule has 2 aliphatic rings. The zero-order valence-corrected chi connectivity index (χ0v) is 11.8. The van der Waals surface area contributed by atoms with Gasteiger partial charge in [-0.15, -0.1) is 0 Å². The Kier molecular flexibility index (Phi) is 3.00. The van der Waals surface area contributed by atoms with Crippen LogP contribution in [0, 0.1) is 0 Å². The summed E-state index contributed by atoms with van der Waals surface area (Å²) >= 11 is 0. The fourth-order valence-corrected chi connectivity index (χ4v) is 3.10. The van der Waals surface area contributed by atoms with Crippen LogP contribution < -0.4 is 10.6 Å². The van der Waals surface area contributed by atoms with Crippen LogP contribution in [0.25, 0.3) is 11.4 Å². The molecule has 2 aliphatic heterocycles. The number of morpholine rings is 1. The molecule has 2 unspecified atom stereocenters. The molecule has 0 saturated carbocycles. The molecular formula is C16H18N4O. The highest BCUT2D eigenvalue weighted by Crippen LogP contribution is 2.29. The number of anilines is 2. The lowest BCUT2D eigenvalue weighted by Crippen LogP contribution is -2.43. The van der Waals surface area contributed by atoms with E-state index in [0.29, 0.717) is 12.2 Å². The van der Waals surface area contributed by atoms with Crippen molar-refractivity contribution >= 4 is 11.5 Å². The lowest BCUT2D eigenvalue weighted by Gasteiger charge is -2.33. The fraction of sp³-hybridized carbons (Fsp3) is 0.375. The Bertz CT molecular complexity index is 631. The number of benzene rings is 1. The second-order valence-electron chi connectivity index (χ2n) is 5.72. The number of fused-ring (bicyclic) bond motifs is 2. The highest BCUT2D eigenvalue weighted by atomic mass is 16.5. The molecule has 0 radical (unpaired) electrons. The lowest BCUT2D eigenvalue weighted by molar-refractivity contribution is 0.0302. The third-order valence-corrected chi connectivity index (χ3v) is 4.18. The Morgan fingerprint density at radius 3 is 2.48 bits per heavy atom. The minimum absolute atomic E-state index is 0.360. The number of hydrogen-bond acceptors (Lipinski definition) is 5. The topological polar surface area (TPSA) is 64.3 Å². The quantitative estimate of drug-likeness (QED) is 0.854. The van der Waals surface area contributed by atoms with Gasteiger partial charge in [0.2, 0.25) is 0 Å². The third kappa shape index (κ3) is 2.45. The molecule has 2 bridgehead atoms. The minimum atomic E-state index is 0.360. The van der Waals surface area contributed by atoms with Crippen LogP contribution in [0.4, 0.5) is 11.5 Å². The van der Waals surface area contributed by atoms with Crippen LogP contribution in [-0.4, -0.2) is 35.3 Å². The van der Waals surface area contributed by atoms with Gasteiger partial charge < -0.3 is 15.4 Å². The predicted molar refractivity (Wildman–Crippen MR) is 82.0 cm³/mol. The summed E-state index contributed by atoms with van der Waals surface area (Å²) in [7, 11) is 0. The number of nitrogen functional groups attached to an aromatic ring is 1. The molecule has 3 heterocycles. The van der Waals surface area contributed by atoms with Crippen LogP contribution in [0.15, 0.2) is 36.5 Å². The van der Waals surface area contributed by atoms with Gasteiger partial charge in [0.1, 0.15) is 5.82 Å². The van der Waals surface area contributed by atoms with Crippen LogP contribution in [-0.2, 0) is 4.74 Å². The molecule has 2 aromatic rings. The van der Waals surface area contributed by atoms with Gasteiger partial charge >= 0.3 is 0 Å². The summed E-state index contributed by atoms with van der Waals surface area (Å²) in [5, 5.41) is 0.